The van der Waals surface area contributed by atoms with Crippen LogP contribution in [0.15, 0.2) is 18.2 Å². The van der Waals surface area contributed by atoms with Crippen LogP contribution < -0.4 is 9.97 Å². The molecule has 0 saturated heterocycles. The molecule has 5 heterocycles. The number of fused-ring (bicyclic) bond motifs is 8. The summed E-state index contributed by atoms with van der Waals surface area (Å²) in [6, 6.07) is 6.58. The molecule has 0 saturated carbocycles. The van der Waals surface area contributed by atoms with E-state index in [9.17, 15) is 4.79 Å². The van der Waals surface area contributed by atoms with E-state index >= 15 is 0 Å². The molecule has 0 aromatic carbocycles. The van der Waals surface area contributed by atoms with E-state index in [1.807, 2.05) is 6.92 Å². The molecule has 2 aliphatic heterocycles. The number of rotatable bonds is 11. The van der Waals surface area contributed by atoms with E-state index in [4.69, 9.17) is 24.7 Å². The molecule has 0 radical (unpaired) electrons. The summed E-state index contributed by atoms with van der Waals surface area (Å²) in [6.45, 7) is 19.8. The van der Waals surface area contributed by atoms with Gasteiger partial charge in [-0.05, 0) is 86.1 Å². The molecule has 3 aromatic rings. The Hall–Kier alpha value is -3.44. The third kappa shape index (κ3) is 6.53. The monoisotopic (exact) mass is 676 g/mol. The number of carbonyl (C=O) groups is 1. The largest absolute Gasteiger partial charge is 2.00 e. The first-order valence-corrected chi connectivity index (χ1v) is 17.6. The van der Waals surface area contributed by atoms with Gasteiger partial charge in [0.05, 0.1) is 35.8 Å². The van der Waals surface area contributed by atoms with Gasteiger partial charge in [0, 0.05) is 0 Å². The molecule has 3 aromatic heterocycles. The fourth-order valence-electron chi connectivity index (χ4n) is 7.62. The zero-order valence-corrected chi connectivity index (χ0v) is 30.7. The summed E-state index contributed by atoms with van der Waals surface area (Å²) in [4.78, 5) is 34.5. The minimum atomic E-state index is -0.254. The van der Waals surface area contributed by atoms with Crippen molar-refractivity contribution in [3.05, 3.63) is 68.8 Å². The van der Waals surface area contributed by atoms with E-state index < -0.39 is 0 Å². The van der Waals surface area contributed by atoms with Crippen LogP contribution in [0, 0.1) is 0 Å². The second-order valence-electron chi connectivity index (χ2n) is 12.0. The van der Waals surface area contributed by atoms with Crippen molar-refractivity contribution < 1.29 is 26.0 Å². The van der Waals surface area contributed by atoms with Crippen LogP contribution in [0.1, 0.15) is 139 Å². The van der Waals surface area contributed by atoms with Crippen molar-refractivity contribution in [2.24, 2.45) is 0 Å². The maximum atomic E-state index is 13.2. The first-order chi connectivity index (χ1) is 22.3. The van der Waals surface area contributed by atoms with Crippen molar-refractivity contribution in [3.8, 4) is 0 Å². The van der Waals surface area contributed by atoms with Crippen molar-refractivity contribution in [1.82, 2.24) is 19.9 Å². The van der Waals surface area contributed by atoms with Crippen LogP contribution >= 0.6 is 0 Å². The molecule has 2 aliphatic rings. The average Bonchev–Trinajstić information content (AvgIpc) is 3.78. The Morgan fingerprint density at radius 3 is 1.43 bits per heavy atom. The van der Waals surface area contributed by atoms with Crippen LogP contribution in [0.4, 0.5) is 0 Å². The molecule has 0 N–H and O–H groups in total. The molecule has 0 aliphatic carbocycles. The molecule has 8 bridgehead atoms. The van der Waals surface area contributed by atoms with Gasteiger partial charge in [0.2, 0.25) is 0 Å². The first-order valence-electron chi connectivity index (χ1n) is 17.6. The predicted octanol–water partition coefficient (Wildman–Crippen LogP) is 9.39. The fourth-order valence-corrected chi connectivity index (χ4v) is 7.62. The van der Waals surface area contributed by atoms with Gasteiger partial charge < -0.3 is 14.7 Å². The van der Waals surface area contributed by atoms with Crippen molar-refractivity contribution in [3.63, 3.8) is 0 Å². The number of nitrogens with zero attached hydrogens (tertiary/aromatic N) is 4. The van der Waals surface area contributed by atoms with Gasteiger partial charge in [-0.1, -0.05) is 95.8 Å². The fraction of sp³-hybridized carbons (Fsp3) is 0.475. The second kappa shape index (κ2) is 15.6. The number of ether oxygens (including phenoxy) is 1. The Morgan fingerprint density at radius 1 is 0.553 bits per heavy atom. The standard InChI is InChI=1S/C40H50N4O2.Ni/c1-10-23-25(12-3)34-21-36-27(14-5)29(16-7)39(43-36)31(19-38(45)46-18-9)40-30(17-8)28(15-6)37(44-40)22-35-26(13-4)24(11-2)33(42-35)20-32(23)41-34;/h20-22H,10-19H2,1-9H3;/q-2;+2. The van der Waals surface area contributed by atoms with Gasteiger partial charge in [0.25, 0.3) is 0 Å². The van der Waals surface area contributed by atoms with Gasteiger partial charge in [0.15, 0.2) is 0 Å². The summed E-state index contributed by atoms with van der Waals surface area (Å²) >= 11 is 0. The van der Waals surface area contributed by atoms with Crippen molar-refractivity contribution >= 4 is 50.3 Å². The van der Waals surface area contributed by atoms with Crippen LogP contribution in [-0.2, 0) is 58.1 Å². The Bertz CT molecular complexity index is 1890. The maximum absolute atomic E-state index is 13.2. The van der Waals surface area contributed by atoms with Crippen LogP contribution in [0.25, 0.3) is 44.4 Å². The summed E-state index contributed by atoms with van der Waals surface area (Å²) in [5.41, 5.74) is 18.3. The van der Waals surface area contributed by atoms with Crippen molar-refractivity contribution in [2.45, 2.75) is 120 Å². The van der Waals surface area contributed by atoms with Crippen LogP contribution in [-0.4, -0.2) is 22.5 Å². The molecular formula is C40H50N4NiO2. The number of esters is 1. The van der Waals surface area contributed by atoms with Gasteiger partial charge in [-0.25, -0.2) is 9.97 Å². The molecule has 0 spiro atoms. The van der Waals surface area contributed by atoms with Crippen LogP contribution in [0.2, 0.25) is 0 Å². The van der Waals surface area contributed by atoms with Gasteiger partial charge in [-0.3, -0.25) is 4.79 Å². The molecule has 47 heavy (non-hydrogen) atoms. The average molecular weight is 678 g/mol. The van der Waals surface area contributed by atoms with Gasteiger partial charge >= 0.3 is 22.5 Å². The zero-order valence-electron chi connectivity index (χ0n) is 29.7. The van der Waals surface area contributed by atoms with E-state index in [1.54, 1.807) is 0 Å². The number of hydrogen-bond acceptors (Lipinski definition) is 4. The summed E-state index contributed by atoms with van der Waals surface area (Å²) in [6.07, 6.45) is 6.99. The van der Waals surface area contributed by atoms with Gasteiger partial charge in [-0.2, -0.15) is 0 Å². The van der Waals surface area contributed by atoms with Crippen molar-refractivity contribution in [1.29, 1.82) is 0 Å². The van der Waals surface area contributed by atoms with E-state index in [0.717, 1.165) is 102 Å². The van der Waals surface area contributed by atoms with E-state index in [2.05, 4.69) is 73.6 Å². The minimum absolute atomic E-state index is 0. The summed E-state index contributed by atoms with van der Waals surface area (Å²) in [5, 5.41) is 0. The minimum Gasteiger partial charge on any atom is -0.657 e. The number of aromatic nitrogens is 4. The zero-order chi connectivity index (χ0) is 33.1. The number of carbonyl (C=O) groups excluding carboxylic acids is 1. The van der Waals surface area contributed by atoms with E-state index in [1.165, 1.54) is 44.5 Å². The Labute approximate surface area is 290 Å². The third-order valence-corrected chi connectivity index (χ3v) is 9.68. The predicted molar refractivity (Wildman–Crippen MR) is 192 cm³/mol. The third-order valence-electron chi connectivity index (χ3n) is 9.68. The molecule has 0 atom stereocenters. The second-order valence-corrected chi connectivity index (χ2v) is 12.0. The SMILES string of the molecule is CCOC(=O)Cc1c2nc(cc3[n-]c(cc4nc(cc5[n-]c1c(CC)c5CC)C(CC)=C4CC)c(CC)c3CC)C(CC)=C2CC.[Ni+2]. The van der Waals surface area contributed by atoms with E-state index in [-0.39, 0.29) is 28.9 Å². The molecular weight excluding hydrogens is 627 g/mol. The first kappa shape index (κ1) is 36.4. The molecule has 252 valence electrons. The Morgan fingerprint density at radius 2 is 0.979 bits per heavy atom. The summed E-state index contributed by atoms with van der Waals surface area (Å²) < 4.78 is 5.54. The topological polar surface area (TPSA) is 80.3 Å². The number of aryl methyl sites for hydroxylation is 4. The maximum Gasteiger partial charge on any atom is 2.00 e. The van der Waals surface area contributed by atoms with Gasteiger partial charge in [0.1, 0.15) is 0 Å². The normalized spacial score (nSPS) is 13.0. The summed E-state index contributed by atoms with van der Waals surface area (Å²) in [5.74, 6) is -0.254. The van der Waals surface area contributed by atoms with Gasteiger partial charge in [-0.15, -0.1) is 22.1 Å². The van der Waals surface area contributed by atoms with Crippen LogP contribution in [0.5, 0.6) is 0 Å². The summed E-state index contributed by atoms with van der Waals surface area (Å²) in [7, 11) is 0. The van der Waals surface area contributed by atoms with E-state index in [0.29, 0.717) is 6.61 Å². The van der Waals surface area contributed by atoms with Crippen molar-refractivity contribution in [2.75, 3.05) is 6.61 Å². The van der Waals surface area contributed by atoms with Crippen LogP contribution in [0.3, 0.4) is 0 Å². The molecule has 0 unspecified atom stereocenters. The Kier molecular flexibility index (Phi) is 12.1. The molecule has 0 amide bonds. The Balaban J connectivity index is 0.00000500. The number of hydrogen-bond donors (Lipinski definition) is 0. The molecule has 0 fully saturated rings. The smallest absolute Gasteiger partial charge is 0.657 e. The molecule has 6 nitrogen and oxygen atoms in total. The molecule has 7 heteroatoms. The quantitative estimate of drug-likeness (QED) is 0.149. The number of allylic oxidation sites excluding steroid dienone is 4. The molecule has 5 rings (SSSR count).